The van der Waals surface area contributed by atoms with Crippen LogP contribution in [0.5, 0.6) is 0 Å². The van der Waals surface area contributed by atoms with Gasteiger partial charge >= 0.3 is 11.9 Å². The molecule has 0 aliphatic heterocycles. The van der Waals surface area contributed by atoms with Gasteiger partial charge < -0.3 is 13.9 Å². The summed E-state index contributed by atoms with van der Waals surface area (Å²) in [6.45, 7) is 6.23. The van der Waals surface area contributed by atoms with Crippen LogP contribution in [0, 0.1) is 28.6 Å². The molecular formula is C23H32O5. The Hall–Kier alpha value is -1.78. The molecule has 0 spiro atoms. The second-order valence-electron chi connectivity index (χ2n) is 9.47. The Balaban J connectivity index is 1.78. The van der Waals surface area contributed by atoms with E-state index in [2.05, 4.69) is 19.9 Å². The van der Waals surface area contributed by atoms with Gasteiger partial charge in [-0.05, 0) is 67.9 Å². The van der Waals surface area contributed by atoms with E-state index in [1.54, 1.807) is 6.26 Å². The molecule has 0 aromatic carbocycles. The van der Waals surface area contributed by atoms with Crippen molar-refractivity contribution in [3.8, 4) is 0 Å². The lowest BCUT2D eigenvalue weighted by molar-refractivity contribution is -0.189. The highest BCUT2D eigenvalue weighted by Crippen LogP contribution is 2.65. The van der Waals surface area contributed by atoms with Crippen molar-refractivity contribution in [2.45, 2.75) is 65.2 Å². The quantitative estimate of drug-likeness (QED) is 0.714. The van der Waals surface area contributed by atoms with E-state index in [0.717, 1.165) is 44.3 Å². The lowest BCUT2D eigenvalue weighted by atomic mass is 9.43. The second-order valence-corrected chi connectivity index (χ2v) is 9.47. The van der Waals surface area contributed by atoms with Crippen LogP contribution < -0.4 is 0 Å². The zero-order chi connectivity index (χ0) is 20.1. The number of esters is 2. The summed E-state index contributed by atoms with van der Waals surface area (Å²) >= 11 is 0. The number of fused-ring (bicyclic) bond motifs is 4. The molecule has 28 heavy (non-hydrogen) atoms. The molecule has 0 saturated heterocycles. The summed E-state index contributed by atoms with van der Waals surface area (Å²) in [6.07, 6.45) is 7.51. The van der Waals surface area contributed by atoms with Crippen LogP contribution >= 0.6 is 0 Å². The highest BCUT2D eigenvalue weighted by Gasteiger charge is 2.63. The number of furan rings is 1. The molecule has 6 atom stereocenters. The molecule has 3 aliphatic carbocycles. The van der Waals surface area contributed by atoms with Crippen molar-refractivity contribution in [2.24, 2.45) is 28.6 Å². The molecule has 2 saturated carbocycles. The zero-order valence-electron chi connectivity index (χ0n) is 17.5. The molecule has 1 aromatic rings. The second kappa shape index (κ2) is 6.93. The predicted molar refractivity (Wildman–Crippen MR) is 104 cm³/mol. The first-order valence-corrected chi connectivity index (χ1v) is 10.6. The van der Waals surface area contributed by atoms with Gasteiger partial charge in [0, 0.05) is 18.8 Å². The summed E-state index contributed by atoms with van der Waals surface area (Å²) in [6, 6.07) is 2.11. The maximum atomic E-state index is 12.9. The molecule has 5 heteroatoms. The Labute approximate surface area is 167 Å². The van der Waals surface area contributed by atoms with Crippen molar-refractivity contribution in [1.82, 2.24) is 0 Å². The number of carbonyl (C=O) groups is 2. The van der Waals surface area contributed by atoms with Gasteiger partial charge in [-0.15, -0.1) is 0 Å². The van der Waals surface area contributed by atoms with Gasteiger partial charge in [0.2, 0.25) is 0 Å². The summed E-state index contributed by atoms with van der Waals surface area (Å²) in [5.41, 5.74) is 0.605. The number of hydrogen-bond acceptors (Lipinski definition) is 5. The van der Waals surface area contributed by atoms with E-state index in [9.17, 15) is 9.59 Å². The first-order chi connectivity index (χ1) is 13.3. The lowest BCUT2D eigenvalue weighted by Gasteiger charge is -2.61. The lowest BCUT2D eigenvalue weighted by Crippen LogP contribution is -2.60. The Morgan fingerprint density at radius 2 is 2.07 bits per heavy atom. The minimum Gasteiger partial charge on any atom is -0.469 e. The molecule has 4 rings (SSSR count). The highest BCUT2D eigenvalue weighted by atomic mass is 16.5. The summed E-state index contributed by atoms with van der Waals surface area (Å²) in [7, 11) is 1.49. The molecule has 1 heterocycles. The molecule has 0 bridgehead atoms. The van der Waals surface area contributed by atoms with Gasteiger partial charge in [-0.3, -0.25) is 9.59 Å². The van der Waals surface area contributed by atoms with Crippen LogP contribution in [0.4, 0.5) is 0 Å². The van der Waals surface area contributed by atoms with E-state index in [0.29, 0.717) is 24.4 Å². The normalized spacial score (nSPS) is 39.3. The van der Waals surface area contributed by atoms with E-state index < -0.39 is 5.41 Å². The molecule has 154 valence electrons. The zero-order valence-corrected chi connectivity index (χ0v) is 17.5. The van der Waals surface area contributed by atoms with Crippen LogP contribution in [0.1, 0.15) is 70.1 Å². The first-order valence-electron chi connectivity index (χ1n) is 10.6. The maximum Gasteiger partial charge on any atom is 0.311 e. The van der Waals surface area contributed by atoms with Crippen LogP contribution in [0.15, 0.2) is 16.7 Å². The Morgan fingerprint density at radius 3 is 2.79 bits per heavy atom. The maximum absolute atomic E-state index is 12.9. The fourth-order valence-electron chi connectivity index (χ4n) is 7.10. The third-order valence-corrected chi connectivity index (χ3v) is 8.36. The van der Waals surface area contributed by atoms with E-state index in [4.69, 9.17) is 13.9 Å². The molecular weight excluding hydrogens is 356 g/mol. The summed E-state index contributed by atoms with van der Waals surface area (Å²) in [5, 5.41) is 0. The Morgan fingerprint density at radius 1 is 1.29 bits per heavy atom. The Bertz CT molecular complexity index is 767. The van der Waals surface area contributed by atoms with Crippen molar-refractivity contribution < 1.29 is 23.5 Å². The molecule has 5 nitrogen and oxygen atoms in total. The van der Waals surface area contributed by atoms with Gasteiger partial charge in [-0.1, -0.05) is 13.3 Å². The summed E-state index contributed by atoms with van der Waals surface area (Å²) < 4.78 is 16.8. The van der Waals surface area contributed by atoms with Crippen molar-refractivity contribution in [3.05, 3.63) is 23.7 Å². The van der Waals surface area contributed by atoms with Crippen LogP contribution in [0.2, 0.25) is 0 Å². The van der Waals surface area contributed by atoms with Crippen molar-refractivity contribution in [1.29, 1.82) is 0 Å². The summed E-state index contributed by atoms with van der Waals surface area (Å²) in [4.78, 5) is 24.6. The molecule has 0 unspecified atom stereocenters. The number of rotatable bonds is 3. The average molecular weight is 389 g/mol. The summed E-state index contributed by atoms with van der Waals surface area (Å²) in [5.74, 6) is 2.16. The fraction of sp³-hybridized carbons (Fsp3) is 0.739. The van der Waals surface area contributed by atoms with Crippen LogP contribution in [-0.4, -0.2) is 25.7 Å². The van der Waals surface area contributed by atoms with Crippen molar-refractivity contribution in [2.75, 3.05) is 13.7 Å². The fourth-order valence-corrected chi connectivity index (χ4v) is 7.10. The smallest absolute Gasteiger partial charge is 0.311 e. The van der Waals surface area contributed by atoms with Crippen molar-refractivity contribution >= 4 is 11.9 Å². The predicted octanol–water partition coefficient (Wildman–Crippen LogP) is 4.49. The topological polar surface area (TPSA) is 65.7 Å². The minimum atomic E-state index is -0.523. The van der Waals surface area contributed by atoms with Crippen LogP contribution in [0.25, 0.3) is 0 Å². The van der Waals surface area contributed by atoms with Gasteiger partial charge in [0.15, 0.2) is 0 Å². The third-order valence-electron chi connectivity index (χ3n) is 8.36. The number of hydrogen-bond donors (Lipinski definition) is 0. The average Bonchev–Trinajstić information content (AvgIpc) is 3.15. The molecule has 3 aliphatic rings. The molecule has 0 amide bonds. The number of methoxy groups -OCH3 is 1. The van der Waals surface area contributed by atoms with Gasteiger partial charge in [-0.2, -0.15) is 0 Å². The van der Waals surface area contributed by atoms with Crippen LogP contribution in [0.3, 0.4) is 0 Å². The SMILES string of the molecule is COC(=O)[C@]1(C)CCC[C@@]2(COC(C)=O)[C@H]1CC[C@H]1[C@@H](C)c3ccoc3C[C@@H]12. The Kier molecular flexibility index (Phi) is 4.83. The van der Waals surface area contributed by atoms with Gasteiger partial charge in [-0.25, -0.2) is 0 Å². The van der Waals surface area contributed by atoms with E-state index in [-0.39, 0.29) is 23.3 Å². The number of carbonyl (C=O) groups excluding carboxylic acids is 2. The standard InChI is InChI=1S/C23H32O5/c1-14-16-6-7-20-22(3,21(25)26-4)9-5-10-23(20,13-28-15(2)24)18(16)12-19-17(14)8-11-27-19/h8,11,14,16,18,20H,5-7,9-10,12-13H2,1-4H3/t14-,16+,18+,20+,22-,23+/m1/s1. The van der Waals surface area contributed by atoms with Crippen molar-refractivity contribution in [3.63, 3.8) is 0 Å². The van der Waals surface area contributed by atoms with Gasteiger partial charge in [0.05, 0.1) is 25.4 Å². The molecule has 0 N–H and O–H groups in total. The molecule has 1 aromatic heterocycles. The molecule has 2 fully saturated rings. The third kappa shape index (κ3) is 2.73. The first kappa shape index (κ1) is 19.5. The monoisotopic (exact) mass is 388 g/mol. The van der Waals surface area contributed by atoms with E-state index >= 15 is 0 Å². The van der Waals surface area contributed by atoms with E-state index in [1.165, 1.54) is 19.6 Å². The minimum absolute atomic E-state index is 0.120. The number of ether oxygens (including phenoxy) is 2. The van der Waals surface area contributed by atoms with E-state index in [1.807, 2.05) is 0 Å². The van der Waals surface area contributed by atoms with Gasteiger partial charge in [0.25, 0.3) is 0 Å². The largest absolute Gasteiger partial charge is 0.469 e. The van der Waals surface area contributed by atoms with Gasteiger partial charge in [0.1, 0.15) is 5.76 Å². The highest BCUT2D eigenvalue weighted by molar-refractivity contribution is 5.77. The van der Waals surface area contributed by atoms with Crippen LogP contribution in [-0.2, 0) is 25.5 Å². The molecule has 0 radical (unpaired) electrons.